The van der Waals surface area contributed by atoms with Crippen LogP contribution >= 0.6 is 0 Å². The molecule has 0 fully saturated rings. The lowest BCUT2D eigenvalue weighted by Crippen LogP contribution is -2.30. The van der Waals surface area contributed by atoms with E-state index in [1.165, 1.54) is 11.1 Å². The first-order valence-corrected chi connectivity index (χ1v) is 8.11. The molecule has 2 unspecified atom stereocenters. The minimum absolute atomic E-state index is 0.241. The van der Waals surface area contributed by atoms with Crippen molar-refractivity contribution in [2.45, 2.75) is 25.9 Å². The number of hydrogen-bond acceptors (Lipinski definition) is 4. The van der Waals surface area contributed by atoms with Gasteiger partial charge in [-0.3, -0.25) is 0 Å². The van der Waals surface area contributed by atoms with E-state index >= 15 is 0 Å². The summed E-state index contributed by atoms with van der Waals surface area (Å²) in [6, 6.07) is 20.1. The number of nitrogens with one attached hydrogen (secondary N) is 2. The Hall–Kier alpha value is -2.66. The molecule has 2 aromatic rings. The van der Waals surface area contributed by atoms with E-state index in [1.54, 1.807) is 0 Å². The van der Waals surface area contributed by atoms with Crippen molar-refractivity contribution in [3.05, 3.63) is 70.8 Å². The van der Waals surface area contributed by atoms with Gasteiger partial charge in [0.1, 0.15) is 0 Å². The van der Waals surface area contributed by atoms with Gasteiger partial charge < -0.3 is 10.6 Å². The van der Waals surface area contributed by atoms with Crippen LogP contribution in [0.1, 0.15) is 48.2 Å². The molecule has 4 nitrogen and oxygen atoms in total. The van der Waals surface area contributed by atoms with Crippen LogP contribution in [0.15, 0.2) is 48.5 Å². The van der Waals surface area contributed by atoms with Gasteiger partial charge in [0.2, 0.25) is 0 Å². The molecule has 122 valence electrons. The van der Waals surface area contributed by atoms with Crippen molar-refractivity contribution in [2.24, 2.45) is 0 Å². The highest BCUT2D eigenvalue weighted by atomic mass is 15.0. The molecule has 0 bridgehead atoms. The zero-order valence-corrected chi connectivity index (χ0v) is 14.1. The van der Waals surface area contributed by atoms with Crippen LogP contribution in [0.3, 0.4) is 0 Å². The highest BCUT2D eigenvalue weighted by molar-refractivity contribution is 5.33. The number of benzene rings is 2. The van der Waals surface area contributed by atoms with E-state index < -0.39 is 0 Å². The number of nitrogens with zero attached hydrogens (tertiary/aromatic N) is 2. The summed E-state index contributed by atoms with van der Waals surface area (Å²) in [5.74, 6) is 0. The lowest BCUT2D eigenvalue weighted by molar-refractivity contribution is 0.511. The molecule has 0 radical (unpaired) electrons. The topological polar surface area (TPSA) is 71.6 Å². The minimum Gasteiger partial charge on any atom is -0.309 e. The number of hydrogen-bond donors (Lipinski definition) is 2. The lowest BCUT2D eigenvalue weighted by Gasteiger charge is -2.17. The van der Waals surface area contributed by atoms with Crippen LogP contribution in [0.2, 0.25) is 0 Å². The molecule has 0 amide bonds. The van der Waals surface area contributed by atoms with Crippen molar-refractivity contribution < 1.29 is 0 Å². The number of nitriles is 2. The maximum Gasteiger partial charge on any atom is 0.0991 e. The SMILES string of the molecule is CC(NCCNC(C)c1ccc(C#N)cc1)c1ccc(C#N)cc1. The van der Waals surface area contributed by atoms with Gasteiger partial charge in [0.05, 0.1) is 23.3 Å². The molecule has 2 N–H and O–H groups in total. The predicted octanol–water partition coefficient (Wildman–Crippen LogP) is 3.43. The molecule has 24 heavy (non-hydrogen) atoms. The van der Waals surface area contributed by atoms with Crippen LogP contribution < -0.4 is 10.6 Å². The van der Waals surface area contributed by atoms with E-state index in [-0.39, 0.29) is 12.1 Å². The van der Waals surface area contributed by atoms with Crippen molar-refractivity contribution in [1.29, 1.82) is 10.5 Å². The fourth-order valence-electron chi connectivity index (χ4n) is 2.51. The van der Waals surface area contributed by atoms with Crippen LogP contribution in [0.5, 0.6) is 0 Å². The van der Waals surface area contributed by atoms with Crippen LogP contribution in [-0.2, 0) is 0 Å². The van der Waals surface area contributed by atoms with Gasteiger partial charge in [-0.1, -0.05) is 24.3 Å². The van der Waals surface area contributed by atoms with E-state index in [1.807, 2.05) is 48.5 Å². The summed E-state index contributed by atoms with van der Waals surface area (Å²) in [6.45, 7) is 5.93. The first kappa shape index (κ1) is 17.7. The van der Waals surface area contributed by atoms with Crippen molar-refractivity contribution in [3.63, 3.8) is 0 Å². The molecular weight excluding hydrogens is 296 g/mol. The third-order valence-electron chi connectivity index (χ3n) is 4.11. The molecule has 0 saturated carbocycles. The number of rotatable bonds is 7. The summed E-state index contributed by atoms with van der Waals surface area (Å²) in [4.78, 5) is 0. The molecule has 0 aliphatic carbocycles. The third kappa shape index (κ3) is 4.93. The molecule has 0 heterocycles. The Morgan fingerprint density at radius 1 is 0.708 bits per heavy atom. The monoisotopic (exact) mass is 318 g/mol. The van der Waals surface area contributed by atoms with Crippen LogP contribution in [0, 0.1) is 22.7 Å². The van der Waals surface area contributed by atoms with Gasteiger partial charge >= 0.3 is 0 Å². The second kappa shape index (κ2) is 8.84. The van der Waals surface area contributed by atoms with Gasteiger partial charge in [-0.15, -0.1) is 0 Å². The third-order valence-corrected chi connectivity index (χ3v) is 4.11. The van der Waals surface area contributed by atoms with Crippen molar-refractivity contribution in [1.82, 2.24) is 10.6 Å². The summed E-state index contributed by atoms with van der Waals surface area (Å²) in [7, 11) is 0. The van der Waals surface area contributed by atoms with E-state index in [0.29, 0.717) is 11.1 Å². The quantitative estimate of drug-likeness (QED) is 0.767. The zero-order chi connectivity index (χ0) is 17.4. The fourth-order valence-corrected chi connectivity index (χ4v) is 2.51. The van der Waals surface area contributed by atoms with Crippen molar-refractivity contribution in [3.8, 4) is 12.1 Å². The Bertz CT molecular complexity index is 655. The summed E-state index contributed by atoms with van der Waals surface area (Å²) in [6.07, 6.45) is 0. The Kier molecular flexibility index (Phi) is 6.51. The molecule has 2 aromatic carbocycles. The Balaban J connectivity index is 1.75. The maximum absolute atomic E-state index is 8.83. The van der Waals surface area contributed by atoms with E-state index in [4.69, 9.17) is 10.5 Å². The molecule has 0 aromatic heterocycles. The van der Waals surface area contributed by atoms with Gasteiger partial charge in [0, 0.05) is 25.2 Å². The average molecular weight is 318 g/mol. The Labute approximate surface area is 143 Å². The summed E-state index contributed by atoms with van der Waals surface area (Å²) < 4.78 is 0. The van der Waals surface area contributed by atoms with Crippen LogP contribution in [-0.4, -0.2) is 13.1 Å². The van der Waals surface area contributed by atoms with Gasteiger partial charge in [-0.05, 0) is 49.2 Å². The normalized spacial score (nSPS) is 12.8. The van der Waals surface area contributed by atoms with E-state index in [0.717, 1.165) is 13.1 Å². The van der Waals surface area contributed by atoms with E-state index in [2.05, 4.69) is 36.6 Å². The van der Waals surface area contributed by atoms with Gasteiger partial charge in [0.25, 0.3) is 0 Å². The molecule has 4 heteroatoms. The van der Waals surface area contributed by atoms with Crippen LogP contribution in [0.4, 0.5) is 0 Å². The molecule has 0 aliphatic rings. The molecule has 0 aliphatic heterocycles. The lowest BCUT2D eigenvalue weighted by atomic mass is 10.1. The van der Waals surface area contributed by atoms with Gasteiger partial charge in [-0.25, -0.2) is 0 Å². The van der Waals surface area contributed by atoms with E-state index in [9.17, 15) is 0 Å². The zero-order valence-electron chi connectivity index (χ0n) is 14.1. The first-order chi connectivity index (χ1) is 11.6. The standard InChI is InChI=1S/C20H22N4/c1-15(19-7-3-17(13-21)4-8-19)23-11-12-24-16(2)20-9-5-18(14-22)6-10-20/h3-10,15-16,23-24H,11-12H2,1-2H3. The average Bonchev–Trinajstić information content (AvgIpc) is 2.65. The van der Waals surface area contributed by atoms with Gasteiger partial charge in [0.15, 0.2) is 0 Å². The highest BCUT2D eigenvalue weighted by Gasteiger charge is 2.06. The second-order valence-electron chi connectivity index (χ2n) is 5.82. The maximum atomic E-state index is 8.83. The Morgan fingerprint density at radius 3 is 1.33 bits per heavy atom. The highest BCUT2D eigenvalue weighted by Crippen LogP contribution is 2.14. The van der Waals surface area contributed by atoms with Gasteiger partial charge in [-0.2, -0.15) is 10.5 Å². The fraction of sp³-hybridized carbons (Fsp3) is 0.300. The molecule has 0 spiro atoms. The van der Waals surface area contributed by atoms with Crippen molar-refractivity contribution in [2.75, 3.05) is 13.1 Å². The smallest absolute Gasteiger partial charge is 0.0991 e. The van der Waals surface area contributed by atoms with Crippen molar-refractivity contribution >= 4 is 0 Å². The molecule has 0 saturated heterocycles. The summed E-state index contributed by atoms with van der Waals surface area (Å²) >= 11 is 0. The Morgan fingerprint density at radius 2 is 1.04 bits per heavy atom. The molecule has 2 atom stereocenters. The minimum atomic E-state index is 0.241. The summed E-state index contributed by atoms with van der Waals surface area (Å²) in [5, 5.41) is 24.6. The summed E-state index contributed by atoms with van der Waals surface area (Å²) in [5.41, 5.74) is 3.72. The molecule has 2 rings (SSSR count). The predicted molar refractivity (Wildman–Crippen MR) is 95.1 cm³/mol. The van der Waals surface area contributed by atoms with Crippen LogP contribution in [0.25, 0.3) is 0 Å². The largest absolute Gasteiger partial charge is 0.309 e. The molecular formula is C20H22N4. The second-order valence-corrected chi connectivity index (χ2v) is 5.82. The first-order valence-electron chi connectivity index (χ1n) is 8.11.